The molecule has 1 atom stereocenters. The van der Waals surface area contributed by atoms with Gasteiger partial charge in [0.15, 0.2) is 6.17 Å². The fourth-order valence-corrected chi connectivity index (χ4v) is 0.536. The summed E-state index contributed by atoms with van der Waals surface area (Å²) < 4.78 is 3.86. The van der Waals surface area contributed by atoms with Gasteiger partial charge in [-0.25, -0.2) is 10.1 Å². The zero-order valence-electron chi connectivity index (χ0n) is 5.63. The Morgan fingerprint density at radius 1 is 1.56 bits per heavy atom. The lowest BCUT2D eigenvalue weighted by molar-refractivity contribution is 0.213. The highest BCUT2D eigenvalue weighted by atomic mass is 15.5. The smallest absolute Gasteiger partial charge is 0.281 e. The van der Waals surface area contributed by atoms with Crippen LogP contribution in [0.25, 0.3) is 0 Å². The fraction of sp³-hybridized carbons (Fsp3) is 0.600. The van der Waals surface area contributed by atoms with Crippen molar-refractivity contribution in [2.75, 3.05) is 7.05 Å². The van der Waals surface area contributed by atoms with Crippen molar-refractivity contribution < 1.29 is 0 Å². The van der Waals surface area contributed by atoms with Gasteiger partial charge < -0.3 is 0 Å². The summed E-state index contributed by atoms with van der Waals surface area (Å²) in [5, 5.41) is 4.96. The van der Waals surface area contributed by atoms with Gasteiger partial charge in [0.25, 0.3) is 12.7 Å². The van der Waals surface area contributed by atoms with Crippen molar-refractivity contribution in [1.82, 2.24) is 20.4 Å². The lowest BCUT2D eigenvalue weighted by atomic mass is 10.5. The van der Waals surface area contributed by atoms with Crippen molar-refractivity contribution in [2.24, 2.45) is 0 Å². The lowest BCUT2D eigenvalue weighted by Crippen LogP contribution is -2.46. The SMILES string of the molecule is C[C@H]1NC=[N+]=CNN1C. The highest BCUT2D eigenvalue weighted by Gasteiger charge is 2.11. The van der Waals surface area contributed by atoms with Gasteiger partial charge >= 0.3 is 0 Å². The van der Waals surface area contributed by atoms with E-state index in [1.165, 1.54) is 0 Å². The van der Waals surface area contributed by atoms with Gasteiger partial charge in [0.2, 0.25) is 0 Å². The average Bonchev–Trinajstić information content (AvgIpc) is 1.99. The normalized spacial score (nSPS) is 26.7. The van der Waals surface area contributed by atoms with Crippen LogP contribution in [0.2, 0.25) is 0 Å². The summed E-state index contributed by atoms with van der Waals surface area (Å²) in [7, 11) is 1.95. The van der Waals surface area contributed by atoms with E-state index in [1.807, 2.05) is 19.0 Å². The number of hydrazine groups is 1. The summed E-state index contributed by atoms with van der Waals surface area (Å²) in [6.07, 6.45) is 3.59. The molecule has 1 rings (SSSR count). The minimum absolute atomic E-state index is 0.285. The second-order valence-electron chi connectivity index (χ2n) is 1.99. The summed E-state index contributed by atoms with van der Waals surface area (Å²) in [6, 6.07) is 0. The molecule has 4 heteroatoms. The largest absolute Gasteiger partial charge is 0.288 e. The van der Waals surface area contributed by atoms with Crippen LogP contribution >= 0.6 is 0 Å². The molecular weight excluding hydrogens is 116 g/mol. The molecule has 1 aliphatic rings. The first kappa shape index (κ1) is 6.13. The first-order valence-corrected chi connectivity index (χ1v) is 2.89. The molecule has 0 spiro atoms. The van der Waals surface area contributed by atoms with Gasteiger partial charge in [-0.1, -0.05) is 0 Å². The first-order chi connectivity index (χ1) is 4.30. The van der Waals surface area contributed by atoms with Crippen molar-refractivity contribution in [2.45, 2.75) is 13.1 Å². The molecule has 0 radical (unpaired) electrons. The molecule has 0 saturated carbocycles. The van der Waals surface area contributed by atoms with Crippen LogP contribution in [0.4, 0.5) is 0 Å². The van der Waals surface area contributed by atoms with Gasteiger partial charge in [-0.05, 0) is 6.92 Å². The number of rotatable bonds is 0. The topological polar surface area (TPSA) is 41.4 Å². The second kappa shape index (κ2) is 2.53. The third-order valence-corrected chi connectivity index (χ3v) is 1.31. The summed E-state index contributed by atoms with van der Waals surface area (Å²) in [6.45, 7) is 2.04. The van der Waals surface area contributed by atoms with E-state index in [1.54, 1.807) is 12.7 Å². The molecular formula is C5H11N4+. The van der Waals surface area contributed by atoms with Crippen LogP contribution in [0.5, 0.6) is 0 Å². The maximum absolute atomic E-state index is 3.86. The van der Waals surface area contributed by atoms with E-state index in [0.29, 0.717) is 0 Å². The van der Waals surface area contributed by atoms with Crippen LogP contribution in [-0.2, 0) is 0 Å². The second-order valence-corrected chi connectivity index (χ2v) is 1.99. The van der Waals surface area contributed by atoms with Crippen LogP contribution in [0.15, 0.2) is 0 Å². The van der Waals surface area contributed by atoms with Crippen LogP contribution in [0.3, 0.4) is 0 Å². The summed E-state index contributed by atoms with van der Waals surface area (Å²) in [5.41, 5.74) is 2.94. The van der Waals surface area contributed by atoms with E-state index < -0.39 is 0 Å². The Balaban J connectivity index is 2.54. The molecule has 0 aromatic heterocycles. The third kappa shape index (κ3) is 1.45. The van der Waals surface area contributed by atoms with Crippen molar-refractivity contribution in [3.63, 3.8) is 0 Å². The predicted molar refractivity (Wildman–Crippen MR) is 37.8 cm³/mol. The fourth-order valence-electron chi connectivity index (χ4n) is 0.536. The molecule has 0 bridgehead atoms. The van der Waals surface area contributed by atoms with Crippen LogP contribution in [0.1, 0.15) is 6.92 Å². The van der Waals surface area contributed by atoms with Crippen molar-refractivity contribution >= 4 is 12.7 Å². The van der Waals surface area contributed by atoms with Crippen LogP contribution in [0, 0.1) is 0 Å². The summed E-state index contributed by atoms with van der Waals surface area (Å²) >= 11 is 0. The average molecular weight is 127 g/mol. The van der Waals surface area contributed by atoms with Crippen LogP contribution in [-0.4, -0.2) is 30.9 Å². The Kier molecular flexibility index (Phi) is 1.72. The Morgan fingerprint density at radius 3 is 3.11 bits per heavy atom. The zero-order valence-corrected chi connectivity index (χ0v) is 5.63. The predicted octanol–water partition coefficient (Wildman–Crippen LogP) is -1.50. The molecule has 2 N–H and O–H groups in total. The molecule has 1 heterocycles. The molecule has 1 aliphatic heterocycles. The van der Waals surface area contributed by atoms with Gasteiger partial charge in [-0.2, -0.15) is 0 Å². The number of nitrogens with one attached hydrogen (secondary N) is 2. The number of hydrogen-bond acceptors (Lipinski definition) is 3. The van der Waals surface area contributed by atoms with E-state index in [0.717, 1.165) is 0 Å². The zero-order chi connectivity index (χ0) is 6.69. The molecule has 9 heavy (non-hydrogen) atoms. The Bertz CT molecular complexity index is 133. The Labute approximate surface area is 54.3 Å². The van der Waals surface area contributed by atoms with Gasteiger partial charge in [0.05, 0.1) is 0 Å². The maximum Gasteiger partial charge on any atom is 0.288 e. The molecule has 4 nitrogen and oxygen atoms in total. The van der Waals surface area contributed by atoms with E-state index in [9.17, 15) is 0 Å². The van der Waals surface area contributed by atoms with Gasteiger partial charge in [0.1, 0.15) is 0 Å². The van der Waals surface area contributed by atoms with Gasteiger partial charge in [0, 0.05) is 7.05 Å². The van der Waals surface area contributed by atoms with E-state index in [4.69, 9.17) is 0 Å². The highest BCUT2D eigenvalue weighted by molar-refractivity contribution is 5.63. The Hall–Kier alpha value is -0.990. The van der Waals surface area contributed by atoms with E-state index in [-0.39, 0.29) is 6.17 Å². The Morgan fingerprint density at radius 2 is 2.33 bits per heavy atom. The standard InChI is InChI=1S/C5H10N4/c1-5-7-3-6-4-8-9(5)2/h3-5H,1-2H3,(H,6,7,8)/p+1/t5-/m0/s1. The lowest BCUT2D eigenvalue weighted by Gasteiger charge is -2.14. The van der Waals surface area contributed by atoms with E-state index >= 15 is 0 Å². The van der Waals surface area contributed by atoms with Gasteiger partial charge in [-0.3, -0.25) is 5.32 Å². The van der Waals surface area contributed by atoms with Gasteiger partial charge in [-0.15, -0.1) is 5.01 Å². The molecule has 0 amide bonds. The molecule has 50 valence electrons. The highest BCUT2D eigenvalue weighted by Crippen LogP contribution is 1.82. The first-order valence-electron chi connectivity index (χ1n) is 2.89. The third-order valence-electron chi connectivity index (χ3n) is 1.31. The minimum atomic E-state index is 0.285. The summed E-state index contributed by atoms with van der Waals surface area (Å²) in [4.78, 5) is 0. The molecule has 0 aromatic carbocycles. The summed E-state index contributed by atoms with van der Waals surface area (Å²) in [5.74, 6) is 0. The quantitative estimate of drug-likeness (QED) is 0.389. The number of hydrogen-bond donors (Lipinski definition) is 2. The number of nitrogens with zero attached hydrogens (tertiary/aromatic N) is 2. The van der Waals surface area contributed by atoms with Crippen LogP contribution < -0.4 is 15.4 Å². The van der Waals surface area contributed by atoms with Crippen molar-refractivity contribution in [3.05, 3.63) is 0 Å². The molecule has 0 aromatic rings. The molecule has 0 aliphatic carbocycles. The minimum Gasteiger partial charge on any atom is -0.281 e. The van der Waals surface area contributed by atoms with Crippen molar-refractivity contribution in [3.8, 4) is 0 Å². The molecule has 0 fully saturated rings. The molecule has 0 saturated heterocycles. The monoisotopic (exact) mass is 127 g/mol. The molecule has 0 unspecified atom stereocenters. The van der Waals surface area contributed by atoms with E-state index in [2.05, 4.69) is 15.4 Å². The van der Waals surface area contributed by atoms with Crippen molar-refractivity contribution in [1.29, 1.82) is 0 Å². The maximum atomic E-state index is 3.86.